The molecule has 0 atom stereocenters. The van der Waals surface area contributed by atoms with Gasteiger partial charge in [-0.15, -0.1) is 0 Å². The maximum Gasteiger partial charge on any atom is 0.340 e. The van der Waals surface area contributed by atoms with Crippen LogP contribution < -0.4 is 5.32 Å². The van der Waals surface area contributed by atoms with Crippen molar-refractivity contribution in [2.75, 3.05) is 11.9 Å². The molecule has 2 rings (SSSR count). The summed E-state index contributed by atoms with van der Waals surface area (Å²) < 4.78 is 4.98. The third-order valence-corrected chi connectivity index (χ3v) is 3.03. The normalized spacial score (nSPS) is 10.0. The summed E-state index contributed by atoms with van der Waals surface area (Å²) in [4.78, 5) is 28.0. The number of hydrogen-bond donors (Lipinski definition) is 1. The van der Waals surface area contributed by atoms with Crippen molar-refractivity contribution in [2.45, 2.75) is 19.8 Å². The van der Waals surface area contributed by atoms with Crippen LogP contribution in [0.4, 0.5) is 5.69 Å². The Balaban J connectivity index is 1.98. The van der Waals surface area contributed by atoms with E-state index in [4.69, 9.17) is 4.74 Å². The van der Waals surface area contributed by atoms with Crippen LogP contribution in [0.25, 0.3) is 0 Å². The van der Waals surface area contributed by atoms with Gasteiger partial charge in [0.25, 0.3) is 0 Å². The highest BCUT2D eigenvalue weighted by molar-refractivity contribution is 6.01. The molecule has 1 N–H and O–H groups in total. The summed E-state index contributed by atoms with van der Waals surface area (Å²) in [6, 6.07) is 12.4. The van der Waals surface area contributed by atoms with Gasteiger partial charge >= 0.3 is 5.97 Å². The van der Waals surface area contributed by atoms with E-state index in [1.165, 1.54) is 0 Å². The van der Waals surface area contributed by atoms with Gasteiger partial charge in [-0.3, -0.25) is 9.78 Å². The van der Waals surface area contributed by atoms with E-state index in [2.05, 4.69) is 10.3 Å². The van der Waals surface area contributed by atoms with Gasteiger partial charge in [0.05, 0.1) is 17.9 Å². The van der Waals surface area contributed by atoms with Crippen LogP contribution in [0.2, 0.25) is 0 Å². The number of nitrogens with one attached hydrogen (secondary N) is 1. The van der Waals surface area contributed by atoms with Crippen LogP contribution in [-0.4, -0.2) is 23.5 Å². The van der Waals surface area contributed by atoms with Gasteiger partial charge in [-0.25, -0.2) is 4.79 Å². The number of aryl methyl sites for hydroxylation is 1. The van der Waals surface area contributed by atoms with E-state index >= 15 is 0 Å². The molecule has 1 aromatic heterocycles. The number of hydrogen-bond acceptors (Lipinski definition) is 4. The highest BCUT2D eigenvalue weighted by atomic mass is 16.5. The molecule has 5 heteroatoms. The third kappa shape index (κ3) is 4.41. The molecule has 0 aliphatic heterocycles. The monoisotopic (exact) mass is 298 g/mol. The highest BCUT2D eigenvalue weighted by Gasteiger charge is 2.13. The van der Waals surface area contributed by atoms with Gasteiger partial charge in [0.2, 0.25) is 5.91 Å². The number of benzene rings is 1. The largest absolute Gasteiger partial charge is 0.462 e. The average Bonchev–Trinajstić information content (AvgIpc) is 2.54. The average molecular weight is 298 g/mol. The number of rotatable bonds is 6. The number of carbonyl (C=O) groups excluding carboxylic acids is 2. The number of amides is 1. The van der Waals surface area contributed by atoms with Crippen molar-refractivity contribution in [3.63, 3.8) is 0 Å². The molecular formula is C17H18N2O3. The molecule has 22 heavy (non-hydrogen) atoms. The second-order valence-corrected chi connectivity index (χ2v) is 4.64. The van der Waals surface area contributed by atoms with E-state index < -0.39 is 5.97 Å². The Morgan fingerprint density at radius 1 is 1.14 bits per heavy atom. The van der Waals surface area contributed by atoms with Crippen molar-refractivity contribution >= 4 is 17.6 Å². The number of esters is 1. The molecule has 0 saturated carbocycles. The number of pyridine rings is 1. The first-order valence-corrected chi connectivity index (χ1v) is 7.16. The minimum atomic E-state index is -0.442. The minimum absolute atomic E-state index is 0.164. The van der Waals surface area contributed by atoms with Gasteiger partial charge < -0.3 is 10.1 Å². The fraction of sp³-hybridized carbons (Fsp3) is 0.235. The zero-order valence-corrected chi connectivity index (χ0v) is 12.4. The Hall–Kier alpha value is -2.69. The molecule has 1 heterocycles. The predicted molar refractivity (Wildman–Crippen MR) is 83.6 cm³/mol. The summed E-state index contributed by atoms with van der Waals surface area (Å²) in [6.07, 6.45) is 2.55. The summed E-state index contributed by atoms with van der Waals surface area (Å²) in [7, 11) is 0. The van der Waals surface area contributed by atoms with E-state index in [1.807, 2.05) is 18.2 Å². The zero-order chi connectivity index (χ0) is 15.8. The standard InChI is InChI=1S/C17H18N2O3/c1-2-22-17(21)14-8-3-4-9-15(14)19-16(20)11-10-13-7-5-6-12-18-13/h3-9,12H,2,10-11H2,1H3,(H,19,20). The molecule has 0 fully saturated rings. The minimum Gasteiger partial charge on any atom is -0.462 e. The van der Waals surface area contributed by atoms with E-state index in [0.717, 1.165) is 5.69 Å². The summed E-state index contributed by atoms with van der Waals surface area (Å²) in [5, 5.41) is 2.75. The second kappa shape index (κ2) is 7.93. The molecular weight excluding hydrogens is 280 g/mol. The SMILES string of the molecule is CCOC(=O)c1ccccc1NC(=O)CCc1ccccn1. The van der Waals surface area contributed by atoms with Gasteiger partial charge in [0.15, 0.2) is 0 Å². The Bertz CT molecular complexity index is 641. The van der Waals surface area contributed by atoms with Crippen LogP contribution >= 0.6 is 0 Å². The Morgan fingerprint density at radius 2 is 1.91 bits per heavy atom. The van der Waals surface area contributed by atoms with Crippen LogP contribution in [0.15, 0.2) is 48.7 Å². The Labute approximate surface area is 129 Å². The summed E-state index contributed by atoms with van der Waals surface area (Å²) >= 11 is 0. The molecule has 0 radical (unpaired) electrons. The quantitative estimate of drug-likeness (QED) is 0.833. The van der Waals surface area contributed by atoms with E-state index in [1.54, 1.807) is 37.4 Å². The zero-order valence-electron chi connectivity index (χ0n) is 12.4. The first kappa shape index (κ1) is 15.7. The van der Waals surface area contributed by atoms with Crippen LogP contribution in [-0.2, 0) is 16.0 Å². The van der Waals surface area contributed by atoms with Gasteiger partial charge in [-0.05, 0) is 37.6 Å². The van der Waals surface area contributed by atoms with Crippen LogP contribution in [0.3, 0.4) is 0 Å². The Kier molecular flexibility index (Phi) is 5.65. The first-order chi connectivity index (χ1) is 10.7. The smallest absolute Gasteiger partial charge is 0.340 e. The molecule has 1 aromatic carbocycles. The lowest BCUT2D eigenvalue weighted by Crippen LogP contribution is -2.16. The van der Waals surface area contributed by atoms with Crippen molar-refractivity contribution < 1.29 is 14.3 Å². The third-order valence-electron chi connectivity index (χ3n) is 3.03. The van der Waals surface area contributed by atoms with Crippen molar-refractivity contribution in [1.29, 1.82) is 0 Å². The van der Waals surface area contributed by atoms with E-state index in [-0.39, 0.29) is 5.91 Å². The number of anilines is 1. The summed E-state index contributed by atoms with van der Waals surface area (Å²) in [5.74, 6) is -0.606. The first-order valence-electron chi connectivity index (χ1n) is 7.16. The van der Waals surface area contributed by atoms with Gasteiger partial charge in [0.1, 0.15) is 0 Å². The van der Waals surface area contributed by atoms with Gasteiger partial charge in [-0.1, -0.05) is 18.2 Å². The number of carbonyl (C=O) groups is 2. The molecule has 0 unspecified atom stereocenters. The molecule has 0 aliphatic carbocycles. The topological polar surface area (TPSA) is 68.3 Å². The van der Waals surface area contributed by atoms with Crippen LogP contribution in [0.1, 0.15) is 29.4 Å². The van der Waals surface area contributed by atoms with Crippen molar-refractivity contribution in [2.24, 2.45) is 0 Å². The lowest BCUT2D eigenvalue weighted by Gasteiger charge is -2.10. The lowest BCUT2D eigenvalue weighted by atomic mass is 10.1. The van der Waals surface area contributed by atoms with Crippen LogP contribution in [0.5, 0.6) is 0 Å². The predicted octanol–water partition coefficient (Wildman–Crippen LogP) is 2.83. The molecule has 5 nitrogen and oxygen atoms in total. The fourth-order valence-electron chi connectivity index (χ4n) is 1.98. The van der Waals surface area contributed by atoms with Gasteiger partial charge in [-0.2, -0.15) is 0 Å². The van der Waals surface area contributed by atoms with Crippen molar-refractivity contribution in [1.82, 2.24) is 4.98 Å². The number of aromatic nitrogens is 1. The van der Waals surface area contributed by atoms with Crippen LogP contribution in [0, 0.1) is 0 Å². The van der Waals surface area contributed by atoms with Crippen molar-refractivity contribution in [3.8, 4) is 0 Å². The van der Waals surface area contributed by atoms with Gasteiger partial charge in [0, 0.05) is 18.3 Å². The maximum absolute atomic E-state index is 12.0. The van der Waals surface area contributed by atoms with Crippen molar-refractivity contribution in [3.05, 3.63) is 59.9 Å². The van der Waals surface area contributed by atoms with E-state index in [0.29, 0.717) is 30.7 Å². The molecule has 0 spiro atoms. The number of ether oxygens (including phenoxy) is 1. The summed E-state index contributed by atoms with van der Waals surface area (Å²) in [6.45, 7) is 2.03. The fourth-order valence-corrected chi connectivity index (χ4v) is 1.98. The molecule has 0 saturated heterocycles. The molecule has 114 valence electrons. The maximum atomic E-state index is 12.0. The molecule has 2 aromatic rings. The number of para-hydroxylation sites is 1. The molecule has 0 bridgehead atoms. The molecule has 0 aliphatic rings. The summed E-state index contributed by atoms with van der Waals surface area (Å²) in [5.41, 5.74) is 1.68. The second-order valence-electron chi connectivity index (χ2n) is 4.64. The molecule has 1 amide bonds. The van der Waals surface area contributed by atoms with E-state index in [9.17, 15) is 9.59 Å². The highest BCUT2D eigenvalue weighted by Crippen LogP contribution is 2.16. The Morgan fingerprint density at radius 3 is 2.64 bits per heavy atom. The lowest BCUT2D eigenvalue weighted by molar-refractivity contribution is -0.116. The number of nitrogens with zero attached hydrogens (tertiary/aromatic N) is 1.